The van der Waals surface area contributed by atoms with Crippen LogP contribution in [-0.2, 0) is 0 Å². The zero-order valence-corrected chi connectivity index (χ0v) is 13.2. The van der Waals surface area contributed by atoms with E-state index in [1.807, 2.05) is 0 Å². The largest absolute Gasteiger partial charge is 0.312 e. The molecule has 0 aliphatic heterocycles. The quantitative estimate of drug-likeness (QED) is 0.818. The average Bonchev–Trinajstić information content (AvgIpc) is 3.26. The van der Waals surface area contributed by atoms with Gasteiger partial charge in [-0.05, 0) is 58.1 Å². The lowest BCUT2D eigenvalue weighted by atomic mass is 10.0. The molecule has 2 saturated carbocycles. The predicted octanol–water partition coefficient (Wildman–Crippen LogP) is 3.44. The molecule has 1 atom stereocenters. The minimum atomic E-state index is 0.466. The first-order valence-electron chi connectivity index (χ1n) is 8.15. The molecule has 0 saturated heterocycles. The molecule has 0 bridgehead atoms. The standard InChI is InChI=1S/C18H28N2/c1-13-8-14(2)10-16(9-13)18(19-3)12-20(17-6-7-17)11-15-4-5-15/h8-10,15,17-19H,4-7,11-12H2,1-3H3. The lowest BCUT2D eigenvalue weighted by Crippen LogP contribution is -2.36. The van der Waals surface area contributed by atoms with E-state index in [1.165, 1.54) is 55.5 Å². The molecule has 2 aliphatic carbocycles. The van der Waals surface area contributed by atoms with Gasteiger partial charge < -0.3 is 5.32 Å². The zero-order valence-electron chi connectivity index (χ0n) is 13.2. The van der Waals surface area contributed by atoms with E-state index in [-0.39, 0.29) is 0 Å². The molecule has 0 heterocycles. The van der Waals surface area contributed by atoms with Gasteiger partial charge in [0.15, 0.2) is 0 Å². The minimum absolute atomic E-state index is 0.466. The SMILES string of the molecule is CNC(CN(CC1CC1)C1CC1)c1cc(C)cc(C)c1. The summed E-state index contributed by atoms with van der Waals surface area (Å²) in [6, 6.07) is 8.29. The third-order valence-electron chi connectivity index (χ3n) is 4.66. The van der Waals surface area contributed by atoms with E-state index >= 15 is 0 Å². The zero-order chi connectivity index (χ0) is 14.1. The highest BCUT2D eigenvalue weighted by Crippen LogP contribution is 2.35. The van der Waals surface area contributed by atoms with Gasteiger partial charge in [-0.2, -0.15) is 0 Å². The molecule has 0 spiro atoms. The van der Waals surface area contributed by atoms with E-state index in [0.717, 1.165) is 12.0 Å². The minimum Gasteiger partial charge on any atom is -0.312 e. The smallest absolute Gasteiger partial charge is 0.0447 e. The van der Waals surface area contributed by atoms with Crippen LogP contribution in [0.15, 0.2) is 18.2 Å². The van der Waals surface area contributed by atoms with Crippen LogP contribution in [0.1, 0.15) is 48.4 Å². The van der Waals surface area contributed by atoms with Gasteiger partial charge in [-0.15, -0.1) is 0 Å². The Balaban J connectivity index is 1.70. The number of nitrogens with one attached hydrogen (secondary N) is 1. The molecule has 3 rings (SSSR count). The molecular formula is C18H28N2. The van der Waals surface area contributed by atoms with Crippen molar-refractivity contribution in [3.8, 4) is 0 Å². The Hall–Kier alpha value is -0.860. The second-order valence-corrected chi connectivity index (χ2v) is 6.89. The van der Waals surface area contributed by atoms with Crippen molar-refractivity contribution in [2.45, 2.75) is 51.6 Å². The first kappa shape index (κ1) is 14.1. The number of nitrogens with zero attached hydrogens (tertiary/aromatic N) is 1. The Bertz CT molecular complexity index is 440. The van der Waals surface area contributed by atoms with E-state index in [4.69, 9.17) is 0 Å². The van der Waals surface area contributed by atoms with Crippen molar-refractivity contribution < 1.29 is 0 Å². The average molecular weight is 272 g/mol. The molecule has 2 nitrogen and oxygen atoms in total. The number of benzene rings is 1. The predicted molar refractivity (Wildman–Crippen MR) is 85.0 cm³/mol. The molecule has 2 fully saturated rings. The normalized spacial score (nSPS) is 20.4. The second-order valence-electron chi connectivity index (χ2n) is 6.89. The maximum Gasteiger partial charge on any atom is 0.0447 e. The molecule has 2 heteroatoms. The van der Waals surface area contributed by atoms with E-state index in [2.05, 4.69) is 49.3 Å². The van der Waals surface area contributed by atoms with Crippen LogP contribution in [0.25, 0.3) is 0 Å². The van der Waals surface area contributed by atoms with Crippen LogP contribution in [0.5, 0.6) is 0 Å². The van der Waals surface area contributed by atoms with Crippen LogP contribution < -0.4 is 5.32 Å². The molecule has 0 aromatic heterocycles. The van der Waals surface area contributed by atoms with Crippen molar-refractivity contribution in [3.05, 3.63) is 34.9 Å². The Morgan fingerprint density at radius 3 is 2.25 bits per heavy atom. The van der Waals surface area contributed by atoms with Gasteiger partial charge in [0.1, 0.15) is 0 Å². The molecule has 2 aliphatic rings. The Labute approximate surface area is 123 Å². The summed E-state index contributed by atoms with van der Waals surface area (Å²) in [5.41, 5.74) is 4.20. The van der Waals surface area contributed by atoms with Crippen LogP contribution in [0.3, 0.4) is 0 Å². The van der Waals surface area contributed by atoms with Crippen molar-refractivity contribution in [1.29, 1.82) is 0 Å². The van der Waals surface area contributed by atoms with Gasteiger partial charge in [-0.3, -0.25) is 4.90 Å². The second kappa shape index (κ2) is 5.87. The Kier molecular flexibility index (Phi) is 4.13. The lowest BCUT2D eigenvalue weighted by molar-refractivity contribution is 0.227. The fraction of sp³-hybridized carbons (Fsp3) is 0.667. The Morgan fingerprint density at radius 2 is 1.75 bits per heavy atom. The first-order valence-corrected chi connectivity index (χ1v) is 8.15. The van der Waals surface area contributed by atoms with Crippen LogP contribution in [0.4, 0.5) is 0 Å². The van der Waals surface area contributed by atoms with Gasteiger partial charge in [0.25, 0.3) is 0 Å². The third-order valence-corrected chi connectivity index (χ3v) is 4.66. The van der Waals surface area contributed by atoms with Crippen LogP contribution in [-0.4, -0.2) is 31.1 Å². The highest BCUT2D eigenvalue weighted by atomic mass is 15.2. The van der Waals surface area contributed by atoms with E-state index in [9.17, 15) is 0 Å². The fourth-order valence-corrected chi connectivity index (χ4v) is 3.25. The summed E-state index contributed by atoms with van der Waals surface area (Å²) < 4.78 is 0. The van der Waals surface area contributed by atoms with Crippen LogP contribution >= 0.6 is 0 Å². The summed E-state index contributed by atoms with van der Waals surface area (Å²) in [4.78, 5) is 2.75. The summed E-state index contributed by atoms with van der Waals surface area (Å²) >= 11 is 0. The van der Waals surface area contributed by atoms with Crippen molar-refractivity contribution in [2.24, 2.45) is 5.92 Å². The third kappa shape index (κ3) is 3.62. The van der Waals surface area contributed by atoms with E-state index in [1.54, 1.807) is 0 Å². The molecule has 1 aromatic carbocycles. The Morgan fingerprint density at radius 1 is 1.10 bits per heavy atom. The van der Waals surface area contributed by atoms with Crippen LogP contribution in [0.2, 0.25) is 0 Å². The maximum absolute atomic E-state index is 3.54. The van der Waals surface area contributed by atoms with Gasteiger partial charge in [0.05, 0.1) is 0 Å². The molecular weight excluding hydrogens is 244 g/mol. The monoisotopic (exact) mass is 272 g/mol. The van der Waals surface area contributed by atoms with Crippen molar-refractivity contribution in [1.82, 2.24) is 10.2 Å². The van der Waals surface area contributed by atoms with Gasteiger partial charge in [-0.25, -0.2) is 0 Å². The number of likely N-dealkylation sites (N-methyl/N-ethyl adjacent to an activating group) is 1. The molecule has 110 valence electrons. The van der Waals surface area contributed by atoms with Crippen LogP contribution in [0, 0.1) is 19.8 Å². The lowest BCUT2D eigenvalue weighted by Gasteiger charge is -2.28. The van der Waals surface area contributed by atoms with Gasteiger partial charge >= 0.3 is 0 Å². The molecule has 0 radical (unpaired) electrons. The molecule has 1 aromatic rings. The molecule has 1 N–H and O–H groups in total. The summed E-state index contributed by atoms with van der Waals surface area (Å²) in [6.45, 7) is 6.90. The van der Waals surface area contributed by atoms with Crippen molar-refractivity contribution in [2.75, 3.05) is 20.1 Å². The summed E-state index contributed by atoms with van der Waals surface area (Å²) in [5.74, 6) is 0.993. The summed E-state index contributed by atoms with van der Waals surface area (Å²) in [7, 11) is 2.10. The van der Waals surface area contributed by atoms with Gasteiger partial charge in [0.2, 0.25) is 0 Å². The van der Waals surface area contributed by atoms with Crippen molar-refractivity contribution >= 4 is 0 Å². The molecule has 20 heavy (non-hydrogen) atoms. The molecule has 0 amide bonds. The van der Waals surface area contributed by atoms with Crippen molar-refractivity contribution in [3.63, 3.8) is 0 Å². The summed E-state index contributed by atoms with van der Waals surface area (Å²) in [6.07, 6.45) is 5.74. The highest BCUT2D eigenvalue weighted by molar-refractivity contribution is 5.31. The molecule has 1 unspecified atom stereocenters. The maximum atomic E-state index is 3.54. The van der Waals surface area contributed by atoms with E-state index < -0.39 is 0 Å². The highest BCUT2D eigenvalue weighted by Gasteiger charge is 2.34. The van der Waals surface area contributed by atoms with Gasteiger partial charge in [-0.1, -0.05) is 29.3 Å². The summed E-state index contributed by atoms with van der Waals surface area (Å²) in [5, 5.41) is 3.54. The van der Waals surface area contributed by atoms with E-state index in [0.29, 0.717) is 6.04 Å². The number of hydrogen-bond donors (Lipinski definition) is 1. The number of aryl methyl sites for hydroxylation is 2. The number of rotatable bonds is 7. The first-order chi connectivity index (χ1) is 9.65. The number of hydrogen-bond acceptors (Lipinski definition) is 2. The van der Waals surface area contributed by atoms with Gasteiger partial charge in [0, 0.05) is 25.2 Å². The fourth-order valence-electron chi connectivity index (χ4n) is 3.25. The topological polar surface area (TPSA) is 15.3 Å².